The fourth-order valence-corrected chi connectivity index (χ4v) is 2.99. The molecule has 0 aromatic carbocycles. The van der Waals surface area contributed by atoms with Crippen LogP contribution in [0.15, 0.2) is 35.7 Å². The molecule has 0 radical (unpaired) electrons. The van der Waals surface area contributed by atoms with Crippen LogP contribution in [-0.4, -0.2) is 34.0 Å². The van der Waals surface area contributed by atoms with Crippen LogP contribution in [-0.2, 0) is 10.0 Å². The maximum Gasteiger partial charge on any atom is 0.352 e. The van der Waals surface area contributed by atoms with Gasteiger partial charge in [0.2, 0.25) is 0 Å². The van der Waals surface area contributed by atoms with Crippen LogP contribution in [0, 0.1) is 0 Å². The Hall–Kier alpha value is -2.42. The van der Waals surface area contributed by atoms with Crippen LogP contribution in [0.2, 0.25) is 0 Å². The van der Waals surface area contributed by atoms with Gasteiger partial charge in [-0.3, -0.25) is 9.71 Å². The maximum atomic E-state index is 12.2. The van der Waals surface area contributed by atoms with Crippen molar-refractivity contribution in [3.05, 3.63) is 36.5 Å². The zero-order valence-corrected chi connectivity index (χ0v) is 11.6. The van der Waals surface area contributed by atoms with Crippen LogP contribution in [0.4, 0.5) is 5.82 Å². The third kappa shape index (κ3) is 2.72. The lowest BCUT2D eigenvalue weighted by atomic mass is 10.4. The number of sulfonamides is 1. The maximum absolute atomic E-state index is 12.2. The summed E-state index contributed by atoms with van der Waals surface area (Å²) in [6, 6.07) is 1.22. The smallest absolute Gasteiger partial charge is 0.352 e. The van der Waals surface area contributed by atoms with Crippen molar-refractivity contribution in [3.63, 3.8) is 0 Å². The minimum absolute atomic E-state index is 0.0305. The first-order valence-electron chi connectivity index (χ1n) is 6.21. The molecule has 0 atom stereocenters. The minimum atomic E-state index is -3.89. The number of aromatic carboxylic acids is 1. The summed E-state index contributed by atoms with van der Waals surface area (Å²) in [5.41, 5.74) is -0.0305. The zero-order chi connectivity index (χ0) is 15.0. The van der Waals surface area contributed by atoms with Crippen molar-refractivity contribution in [2.24, 2.45) is 0 Å². The summed E-state index contributed by atoms with van der Waals surface area (Å²) in [6.45, 7) is 0. The highest BCUT2D eigenvalue weighted by atomic mass is 32.2. The van der Waals surface area contributed by atoms with E-state index in [-0.39, 0.29) is 22.4 Å². The Balaban J connectivity index is 1.95. The Kier molecular flexibility index (Phi) is 3.13. The summed E-state index contributed by atoms with van der Waals surface area (Å²) in [5, 5.41) is 9.15. The minimum Gasteiger partial charge on any atom is -0.477 e. The first-order chi connectivity index (χ1) is 9.97. The number of carboxylic acids is 1. The molecule has 0 saturated heterocycles. The van der Waals surface area contributed by atoms with Crippen LogP contribution in [0.25, 0.3) is 0 Å². The molecule has 1 aliphatic rings. The van der Waals surface area contributed by atoms with Crippen LogP contribution in [0.5, 0.6) is 0 Å². The van der Waals surface area contributed by atoms with Crippen LogP contribution in [0.1, 0.15) is 29.4 Å². The second-order valence-corrected chi connectivity index (χ2v) is 6.38. The number of carbonyl (C=O) groups is 1. The quantitative estimate of drug-likeness (QED) is 0.855. The van der Waals surface area contributed by atoms with Gasteiger partial charge in [0.15, 0.2) is 5.82 Å². The molecule has 0 aliphatic heterocycles. The lowest BCUT2D eigenvalue weighted by Crippen LogP contribution is -2.13. The van der Waals surface area contributed by atoms with Gasteiger partial charge in [-0.05, 0) is 18.9 Å². The summed E-state index contributed by atoms with van der Waals surface area (Å²) in [6.07, 6.45) is 7.10. The van der Waals surface area contributed by atoms with Crippen molar-refractivity contribution >= 4 is 21.8 Å². The van der Waals surface area contributed by atoms with Gasteiger partial charge in [0, 0.05) is 24.6 Å². The number of anilines is 1. The Morgan fingerprint density at radius 3 is 2.71 bits per heavy atom. The molecule has 3 rings (SSSR count). The molecular weight excluding hydrogens is 296 g/mol. The lowest BCUT2D eigenvalue weighted by Gasteiger charge is -2.04. The highest BCUT2D eigenvalue weighted by Gasteiger charge is 2.30. The Morgan fingerprint density at radius 1 is 1.38 bits per heavy atom. The summed E-state index contributed by atoms with van der Waals surface area (Å²) >= 11 is 0. The van der Waals surface area contributed by atoms with E-state index < -0.39 is 16.0 Å². The fraction of sp³-hybridized carbons (Fsp3) is 0.250. The first-order valence-corrected chi connectivity index (χ1v) is 7.70. The number of hydrogen-bond donors (Lipinski definition) is 2. The van der Waals surface area contributed by atoms with Crippen molar-refractivity contribution in [2.45, 2.75) is 23.8 Å². The monoisotopic (exact) mass is 308 g/mol. The standard InChI is InChI=1S/C12H12N4O4S/c17-12(18)10-5-9(7-16(10)8-1-2-8)21(19,20)15-11-6-13-3-4-14-11/h3-8H,1-2H2,(H,14,15)(H,17,18). The van der Waals surface area contributed by atoms with E-state index in [9.17, 15) is 13.2 Å². The molecule has 2 aromatic heterocycles. The van der Waals surface area contributed by atoms with Crippen LogP contribution in [0.3, 0.4) is 0 Å². The van der Waals surface area contributed by atoms with Gasteiger partial charge in [-0.2, -0.15) is 0 Å². The molecule has 0 spiro atoms. The second-order valence-electron chi connectivity index (χ2n) is 4.70. The lowest BCUT2D eigenvalue weighted by molar-refractivity contribution is 0.0685. The van der Waals surface area contributed by atoms with Crippen molar-refractivity contribution in [3.8, 4) is 0 Å². The van der Waals surface area contributed by atoms with E-state index in [1.165, 1.54) is 29.4 Å². The average Bonchev–Trinajstić information content (AvgIpc) is 3.17. The van der Waals surface area contributed by atoms with Gasteiger partial charge in [-0.25, -0.2) is 18.2 Å². The third-order valence-corrected chi connectivity index (χ3v) is 4.42. The number of carboxylic acid groups (broad SMARTS) is 1. The van der Waals surface area contributed by atoms with E-state index in [1.54, 1.807) is 0 Å². The molecular formula is C12H12N4O4S. The molecule has 9 heteroatoms. The molecule has 2 aromatic rings. The predicted octanol–water partition coefficient (Wildman–Crippen LogP) is 1.11. The van der Waals surface area contributed by atoms with Gasteiger partial charge >= 0.3 is 5.97 Å². The molecule has 0 unspecified atom stereocenters. The summed E-state index contributed by atoms with van der Waals surface area (Å²) in [7, 11) is -3.89. The van der Waals surface area contributed by atoms with Gasteiger partial charge in [0.1, 0.15) is 10.6 Å². The molecule has 2 N–H and O–H groups in total. The zero-order valence-electron chi connectivity index (χ0n) is 10.8. The Morgan fingerprint density at radius 2 is 2.14 bits per heavy atom. The highest BCUT2D eigenvalue weighted by Crippen LogP contribution is 2.37. The average molecular weight is 308 g/mol. The molecule has 2 heterocycles. The molecule has 21 heavy (non-hydrogen) atoms. The first kappa shape index (κ1) is 13.6. The second kappa shape index (κ2) is 4.85. The highest BCUT2D eigenvalue weighted by molar-refractivity contribution is 7.92. The third-order valence-electron chi connectivity index (χ3n) is 3.10. The molecule has 0 bridgehead atoms. The van der Waals surface area contributed by atoms with Gasteiger partial charge < -0.3 is 9.67 Å². The molecule has 1 fully saturated rings. The van der Waals surface area contributed by atoms with Crippen molar-refractivity contribution in [1.29, 1.82) is 0 Å². The normalized spacial score (nSPS) is 14.9. The Bertz CT molecular complexity index is 781. The number of rotatable bonds is 5. The van der Waals surface area contributed by atoms with E-state index in [1.807, 2.05) is 0 Å². The van der Waals surface area contributed by atoms with Crippen molar-refractivity contribution in [1.82, 2.24) is 14.5 Å². The summed E-state index contributed by atoms with van der Waals surface area (Å²) in [4.78, 5) is 18.7. The van der Waals surface area contributed by atoms with Gasteiger partial charge in [0.25, 0.3) is 10.0 Å². The van der Waals surface area contributed by atoms with E-state index in [2.05, 4.69) is 14.7 Å². The van der Waals surface area contributed by atoms with Crippen LogP contribution < -0.4 is 4.72 Å². The van der Waals surface area contributed by atoms with Gasteiger partial charge in [-0.1, -0.05) is 0 Å². The molecule has 0 amide bonds. The fourth-order valence-electron chi connectivity index (χ4n) is 1.98. The predicted molar refractivity (Wildman–Crippen MR) is 72.5 cm³/mol. The summed E-state index contributed by atoms with van der Waals surface area (Å²) in [5.74, 6) is -1.07. The number of aromatic nitrogens is 3. The van der Waals surface area contributed by atoms with Gasteiger partial charge in [0.05, 0.1) is 6.20 Å². The molecule has 1 saturated carbocycles. The van der Waals surface area contributed by atoms with E-state index in [0.29, 0.717) is 0 Å². The number of nitrogens with one attached hydrogen (secondary N) is 1. The molecule has 110 valence electrons. The van der Waals surface area contributed by atoms with E-state index in [0.717, 1.165) is 18.9 Å². The van der Waals surface area contributed by atoms with Crippen molar-refractivity contribution in [2.75, 3.05) is 4.72 Å². The number of hydrogen-bond acceptors (Lipinski definition) is 5. The van der Waals surface area contributed by atoms with E-state index in [4.69, 9.17) is 5.11 Å². The molecule has 1 aliphatic carbocycles. The van der Waals surface area contributed by atoms with Gasteiger partial charge in [-0.15, -0.1) is 0 Å². The summed E-state index contributed by atoms with van der Waals surface area (Å²) < 4.78 is 28.3. The SMILES string of the molecule is O=C(O)c1cc(S(=O)(=O)Nc2cnccn2)cn1C1CC1. The van der Waals surface area contributed by atoms with Crippen molar-refractivity contribution < 1.29 is 18.3 Å². The topological polar surface area (TPSA) is 114 Å². The molecule has 8 nitrogen and oxygen atoms in total. The Labute approximate surface area is 120 Å². The van der Waals surface area contributed by atoms with Crippen LogP contribution >= 0.6 is 0 Å². The largest absolute Gasteiger partial charge is 0.477 e. The van der Waals surface area contributed by atoms with E-state index >= 15 is 0 Å². The number of nitrogens with zero attached hydrogens (tertiary/aromatic N) is 3.